The molecule has 2 heterocycles. The molecule has 4 atom stereocenters. The molecule has 23 heavy (non-hydrogen) atoms. The van der Waals surface area contributed by atoms with E-state index in [1.54, 1.807) is 13.8 Å². The van der Waals surface area contributed by atoms with Crippen LogP contribution >= 0.6 is 6.72 Å². The monoisotopic (exact) mass is 365 g/mol. The maximum atomic E-state index is 12.0. The van der Waals surface area contributed by atoms with Crippen molar-refractivity contribution >= 4 is 18.5 Å². The number of ether oxygens (including phenoxy) is 2. The van der Waals surface area contributed by atoms with E-state index < -0.39 is 36.4 Å². The molecular formula is C12H18N2O7PS-. The summed E-state index contributed by atoms with van der Waals surface area (Å²) in [7, 11) is 1.19. The first-order valence-electron chi connectivity index (χ1n) is 6.89. The zero-order valence-corrected chi connectivity index (χ0v) is 14.6. The summed E-state index contributed by atoms with van der Waals surface area (Å²) in [4.78, 5) is 37.5. The van der Waals surface area contributed by atoms with Crippen LogP contribution in [0.3, 0.4) is 0 Å². The molecule has 0 bridgehead atoms. The van der Waals surface area contributed by atoms with Crippen molar-refractivity contribution in [2.45, 2.75) is 32.3 Å². The summed E-state index contributed by atoms with van der Waals surface area (Å²) in [6.45, 7) is 0.00673. The van der Waals surface area contributed by atoms with Crippen molar-refractivity contribution in [2.75, 3.05) is 20.3 Å². The molecule has 2 unspecified atom stereocenters. The molecule has 11 heteroatoms. The number of hydrogen-bond donors (Lipinski definition) is 1. The molecule has 1 aromatic heterocycles. The van der Waals surface area contributed by atoms with Crippen molar-refractivity contribution in [2.24, 2.45) is 0 Å². The van der Waals surface area contributed by atoms with Crippen molar-refractivity contribution in [3.63, 3.8) is 0 Å². The average molecular weight is 365 g/mol. The lowest BCUT2D eigenvalue weighted by atomic mass is 10.2. The fraction of sp³-hybridized carbons (Fsp3) is 0.667. The maximum absolute atomic E-state index is 12.0. The summed E-state index contributed by atoms with van der Waals surface area (Å²) < 4.78 is 22.3. The fourth-order valence-corrected chi connectivity index (χ4v) is 3.19. The molecule has 0 spiro atoms. The van der Waals surface area contributed by atoms with E-state index in [2.05, 4.69) is 9.51 Å². The van der Waals surface area contributed by atoms with Gasteiger partial charge in [0.25, 0.3) is 5.56 Å². The third-order valence-corrected chi connectivity index (χ3v) is 5.03. The summed E-state index contributed by atoms with van der Waals surface area (Å²) in [5.74, 6) is 0. The van der Waals surface area contributed by atoms with E-state index in [0.717, 1.165) is 0 Å². The molecule has 0 amide bonds. The zero-order valence-electron chi connectivity index (χ0n) is 12.9. The van der Waals surface area contributed by atoms with Crippen LogP contribution in [0, 0.1) is 6.92 Å². The third kappa shape index (κ3) is 4.16. The Kier molecular flexibility index (Phi) is 5.90. The Morgan fingerprint density at radius 3 is 2.87 bits per heavy atom. The van der Waals surface area contributed by atoms with Crippen LogP contribution in [0.25, 0.3) is 0 Å². The highest BCUT2D eigenvalue weighted by Gasteiger charge is 2.41. The summed E-state index contributed by atoms with van der Waals surface area (Å²) >= 11 is 4.72. The van der Waals surface area contributed by atoms with Crippen LogP contribution in [0.2, 0.25) is 0 Å². The Balaban J connectivity index is 2.33. The number of aryl methyl sites for hydroxylation is 1. The molecule has 0 radical (unpaired) electrons. The molecule has 2 rings (SSSR count). The molecule has 1 aliphatic rings. The van der Waals surface area contributed by atoms with Gasteiger partial charge in [0, 0.05) is 25.5 Å². The summed E-state index contributed by atoms with van der Waals surface area (Å²) in [5, 5.41) is 0. The van der Waals surface area contributed by atoms with Gasteiger partial charge >= 0.3 is 5.69 Å². The van der Waals surface area contributed by atoms with Gasteiger partial charge in [0.1, 0.15) is 18.9 Å². The van der Waals surface area contributed by atoms with Crippen LogP contribution in [-0.2, 0) is 30.3 Å². The highest BCUT2D eigenvalue weighted by atomic mass is 32.5. The molecule has 1 N–H and O–H groups in total. The summed E-state index contributed by atoms with van der Waals surface area (Å²) in [6, 6.07) is 0. The molecule has 1 aromatic rings. The number of rotatable bonds is 6. The largest absolute Gasteiger partial charge is 0.780 e. The van der Waals surface area contributed by atoms with Crippen LogP contribution in [0.5, 0.6) is 0 Å². The van der Waals surface area contributed by atoms with Gasteiger partial charge in [-0.25, -0.2) is 4.79 Å². The predicted octanol–water partition coefficient (Wildman–Crippen LogP) is -0.605. The summed E-state index contributed by atoms with van der Waals surface area (Å²) in [5.41, 5.74) is -0.762. The van der Waals surface area contributed by atoms with Crippen molar-refractivity contribution in [3.8, 4) is 0 Å². The Labute approximate surface area is 137 Å². The molecule has 9 nitrogen and oxygen atoms in total. The Morgan fingerprint density at radius 2 is 2.26 bits per heavy atom. The number of aromatic nitrogens is 2. The zero-order chi connectivity index (χ0) is 17.2. The van der Waals surface area contributed by atoms with Crippen molar-refractivity contribution < 1.29 is 23.4 Å². The summed E-state index contributed by atoms with van der Waals surface area (Å²) in [6.07, 6.45) is -0.948. The lowest BCUT2D eigenvalue weighted by Crippen LogP contribution is -2.40. The van der Waals surface area contributed by atoms with E-state index in [1.165, 1.54) is 17.9 Å². The predicted molar refractivity (Wildman–Crippen MR) is 82.6 cm³/mol. The van der Waals surface area contributed by atoms with Crippen LogP contribution in [-0.4, -0.2) is 42.1 Å². The number of nitrogens with one attached hydrogen (secondary N) is 1. The smallest absolute Gasteiger partial charge is 0.330 e. The fourth-order valence-electron chi connectivity index (χ4n) is 2.26. The lowest BCUT2D eigenvalue weighted by Gasteiger charge is -2.31. The van der Waals surface area contributed by atoms with Gasteiger partial charge < -0.3 is 23.4 Å². The van der Waals surface area contributed by atoms with Gasteiger partial charge in [-0.15, -0.1) is 0 Å². The number of hydrogen-bond acceptors (Lipinski definition) is 8. The van der Waals surface area contributed by atoms with Crippen molar-refractivity contribution in [1.29, 1.82) is 0 Å². The number of aromatic amines is 1. The van der Waals surface area contributed by atoms with E-state index in [1.807, 2.05) is 0 Å². The molecule has 1 saturated heterocycles. The Hall–Kier alpha value is -0.870. The molecule has 1 aliphatic heterocycles. The first kappa shape index (κ1) is 18.5. The van der Waals surface area contributed by atoms with Gasteiger partial charge in [0.05, 0.1) is 6.61 Å². The molecule has 1 fully saturated rings. The molecular weight excluding hydrogens is 347 g/mol. The van der Waals surface area contributed by atoms with Gasteiger partial charge in [-0.3, -0.25) is 14.3 Å². The highest BCUT2D eigenvalue weighted by Crippen LogP contribution is 2.43. The molecule has 0 aromatic carbocycles. The van der Waals surface area contributed by atoms with Gasteiger partial charge in [-0.1, -0.05) is 11.8 Å². The molecule has 0 saturated carbocycles. The minimum atomic E-state index is -3.65. The maximum Gasteiger partial charge on any atom is 0.330 e. The van der Waals surface area contributed by atoms with Gasteiger partial charge in [0.15, 0.2) is 6.23 Å². The van der Waals surface area contributed by atoms with Crippen molar-refractivity contribution in [3.05, 3.63) is 32.6 Å². The Bertz CT molecular complexity index is 718. The minimum Gasteiger partial charge on any atom is -0.780 e. The lowest BCUT2D eigenvalue weighted by molar-refractivity contribution is -0.211. The highest BCUT2D eigenvalue weighted by molar-refractivity contribution is 8.06. The first-order chi connectivity index (χ1) is 10.8. The van der Waals surface area contributed by atoms with E-state index >= 15 is 0 Å². The van der Waals surface area contributed by atoms with Crippen LogP contribution in [0.15, 0.2) is 15.8 Å². The quantitative estimate of drug-likeness (QED) is 0.665. The van der Waals surface area contributed by atoms with E-state index in [9.17, 15) is 14.5 Å². The second-order valence-electron chi connectivity index (χ2n) is 4.90. The topological polar surface area (TPSA) is 115 Å². The standard InChI is InChI=1S/C12H19N2O7PS/c1-4-19-9-8(21-22(17,23)18-3)6-20-11(9)14-5-7(2)10(15)13-12(14)16/h5,8-9,11H,4,6H2,1-3H3,(H,17,23)(H,13,15,16)/p-1/t8?,9-,11+,22?/m0/s1. The second kappa shape index (κ2) is 7.35. The first-order valence-corrected chi connectivity index (χ1v) is 9.45. The molecule has 0 aliphatic carbocycles. The van der Waals surface area contributed by atoms with E-state index in [4.69, 9.17) is 25.8 Å². The number of nitrogens with zero attached hydrogens (tertiary/aromatic N) is 1. The van der Waals surface area contributed by atoms with E-state index in [-0.39, 0.29) is 6.61 Å². The Morgan fingerprint density at radius 1 is 1.57 bits per heavy atom. The van der Waals surface area contributed by atoms with Crippen LogP contribution < -0.4 is 16.1 Å². The SMILES string of the molecule is CCO[C@H]1C(OP([O-])(=S)OC)CO[C@H]1n1cc(C)c(=O)[nH]c1=O. The minimum absolute atomic E-state index is 0.0178. The average Bonchev–Trinajstić information content (AvgIpc) is 2.86. The van der Waals surface area contributed by atoms with Gasteiger partial charge in [0.2, 0.25) is 0 Å². The second-order valence-corrected chi connectivity index (χ2v) is 7.71. The normalized spacial score (nSPS) is 27.0. The van der Waals surface area contributed by atoms with Crippen molar-refractivity contribution in [1.82, 2.24) is 9.55 Å². The molecule has 130 valence electrons. The third-order valence-electron chi connectivity index (χ3n) is 3.35. The van der Waals surface area contributed by atoms with E-state index in [0.29, 0.717) is 12.2 Å². The van der Waals surface area contributed by atoms with Gasteiger partial charge in [-0.2, -0.15) is 0 Å². The van der Waals surface area contributed by atoms with Gasteiger partial charge in [-0.05, 0) is 13.8 Å². The van der Waals surface area contributed by atoms with Crippen LogP contribution in [0.4, 0.5) is 0 Å². The van der Waals surface area contributed by atoms with Crippen LogP contribution in [0.1, 0.15) is 18.7 Å². The number of H-pyrrole nitrogens is 1.